The summed E-state index contributed by atoms with van der Waals surface area (Å²) in [6, 6.07) is 10.9. The van der Waals surface area contributed by atoms with Gasteiger partial charge in [0, 0.05) is 18.7 Å². The van der Waals surface area contributed by atoms with E-state index in [-0.39, 0.29) is 17.2 Å². The Morgan fingerprint density at radius 2 is 1.64 bits per heavy atom. The largest absolute Gasteiger partial charge is 0.508 e. The minimum atomic E-state index is -0.768. The number of phenols is 3. The summed E-state index contributed by atoms with van der Waals surface area (Å²) in [5.41, 5.74) is 1.34. The molecule has 0 fully saturated rings. The lowest BCUT2D eigenvalue weighted by molar-refractivity contribution is -0.133. The van der Waals surface area contributed by atoms with Gasteiger partial charge in [-0.15, -0.1) is 0 Å². The van der Waals surface area contributed by atoms with Crippen LogP contribution in [0.15, 0.2) is 42.5 Å². The average molecular weight is 303 g/mol. The van der Waals surface area contributed by atoms with Gasteiger partial charge in [-0.25, -0.2) is 0 Å². The number of aromatic hydroxyl groups is 3. The van der Waals surface area contributed by atoms with Gasteiger partial charge in [0.05, 0.1) is 0 Å². The molecular weight excluding hydrogens is 286 g/mol. The van der Waals surface area contributed by atoms with E-state index in [0.29, 0.717) is 5.75 Å². The highest BCUT2D eigenvalue weighted by Gasteiger charge is 2.08. The molecule has 6 heteroatoms. The molecule has 0 aliphatic heterocycles. The maximum atomic E-state index is 10.9. The Labute approximate surface area is 127 Å². The van der Waals surface area contributed by atoms with Gasteiger partial charge < -0.3 is 20.6 Å². The third kappa shape index (κ3) is 5.54. The minimum absolute atomic E-state index is 0.250. The van der Waals surface area contributed by atoms with Gasteiger partial charge in [-0.2, -0.15) is 0 Å². The summed E-state index contributed by atoms with van der Waals surface area (Å²) >= 11 is 0. The second kappa shape index (κ2) is 7.68. The average Bonchev–Trinajstić information content (AvgIpc) is 2.43. The van der Waals surface area contributed by atoms with Crippen molar-refractivity contribution in [2.24, 2.45) is 0 Å². The van der Waals surface area contributed by atoms with Crippen LogP contribution in [0.4, 0.5) is 5.69 Å². The maximum absolute atomic E-state index is 10.9. The molecule has 0 aromatic heterocycles. The molecule has 2 rings (SSSR count). The molecule has 0 bridgehead atoms. The van der Waals surface area contributed by atoms with Gasteiger partial charge in [0.2, 0.25) is 5.78 Å². The van der Waals surface area contributed by atoms with Crippen molar-refractivity contribution in [3.8, 4) is 17.2 Å². The van der Waals surface area contributed by atoms with Crippen LogP contribution in [0, 0.1) is 6.92 Å². The number of rotatable bonds is 2. The van der Waals surface area contributed by atoms with Crippen molar-refractivity contribution in [3.05, 3.63) is 48.0 Å². The zero-order valence-corrected chi connectivity index (χ0v) is 12.2. The first-order chi connectivity index (χ1) is 10.3. The fraction of sp³-hybridized carbons (Fsp3) is 0.125. The quantitative estimate of drug-likeness (QED) is 0.387. The van der Waals surface area contributed by atoms with Crippen LogP contribution >= 0.6 is 0 Å². The van der Waals surface area contributed by atoms with Crippen LogP contribution in [0.25, 0.3) is 0 Å². The lowest BCUT2D eigenvalue weighted by atomic mass is 10.2. The number of phenolic OH excluding ortho intramolecular Hbond substituents is 3. The molecule has 0 aliphatic carbocycles. The first-order valence-electron chi connectivity index (χ1n) is 6.39. The second-order valence-electron chi connectivity index (χ2n) is 4.55. The molecule has 0 saturated carbocycles. The molecule has 0 heterocycles. The number of benzene rings is 2. The molecule has 0 aliphatic rings. The van der Waals surface area contributed by atoms with E-state index < -0.39 is 11.7 Å². The van der Waals surface area contributed by atoms with E-state index in [4.69, 9.17) is 15.3 Å². The van der Waals surface area contributed by atoms with Gasteiger partial charge in [0.15, 0.2) is 11.5 Å². The lowest BCUT2D eigenvalue weighted by Gasteiger charge is -2.03. The summed E-state index contributed by atoms with van der Waals surface area (Å²) in [4.78, 5) is 21.5. The van der Waals surface area contributed by atoms with Crippen molar-refractivity contribution >= 4 is 17.4 Å². The van der Waals surface area contributed by atoms with Crippen molar-refractivity contribution in [2.45, 2.75) is 13.8 Å². The van der Waals surface area contributed by atoms with Crippen LogP contribution in [0.3, 0.4) is 0 Å². The van der Waals surface area contributed by atoms with E-state index >= 15 is 0 Å². The number of hydrogen-bond acceptors (Lipinski definition) is 5. The van der Waals surface area contributed by atoms with Crippen molar-refractivity contribution in [2.75, 3.05) is 5.32 Å². The van der Waals surface area contributed by atoms with Crippen LogP contribution in [0.1, 0.15) is 12.5 Å². The van der Waals surface area contributed by atoms with E-state index in [0.717, 1.165) is 18.6 Å². The van der Waals surface area contributed by atoms with Gasteiger partial charge in [-0.3, -0.25) is 9.59 Å². The summed E-state index contributed by atoms with van der Waals surface area (Å²) in [7, 11) is 0. The number of anilines is 1. The van der Waals surface area contributed by atoms with Crippen LogP contribution in [-0.2, 0) is 9.59 Å². The number of nitrogens with one attached hydrogen (secondary N) is 1. The topological polar surface area (TPSA) is 107 Å². The Morgan fingerprint density at radius 3 is 2.09 bits per heavy atom. The third-order valence-electron chi connectivity index (χ3n) is 2.55. The normalized spacial score (nSPS) is 9.36. The number of hydrogen-bond donors (Lipinski definition) is 4. The van der Waals surface area contributed by atoms with E-state index in [1.165, 1.54) is 12.1 Å². The zero-order valence-electron chi connectivity index (χ0n) is 12.2. The van der Waals surface area contributed by atoms with E-state index in [1.807, 2.05) is 19.1 Å². The lowest BCUT2D eigenvalue weighted by Crippen LogP contribution is -2.19. The summed E-state index contributed by atoms with van der Waals surface area (Å²) in [5, 5.41) is 29.1. The number of Topliss-reactive ketones (excluding diaryl/α,β-unsaturated/α-hetero) is 1. The standard InChI is InChI=1S/C9H9NO4.C7H8O/c1-5(11)9(14)10-6-2-3-7(12)8(13)4-6;1-6-3-2-4-7(8)5-6/h2-4,12-13H,1H3,(H,10,14);2-5,8H,1H3. The predicted molar refractivity (Wildman–Crippen MR) is 81.9 cm³/mol. The molecule has 1 amide bonds. The highest BCUT2D eigenvalue weighted by atomic mass is 16.3. The monoisotopic (exact) mass is 303 g/mol. The van der Waals surface area contributed by atoms with Crippen LogP contribution < -0.4 is 5.32 Å². The van der Waals surface area contributed by atoms with Crippen molar-refractivity contribution in [3.63, 3.8) is 0 Å². The summed E-state index contributed by atoms with van der Waals surface area (Å²) in [6.45, 7) is 3.08. The number of carbonyl (C=O) groups is 2. The fourth-order valence-corrected chi connectivity index (χ4v) is 1.45. The van der Waals surface area contributed by atoms with Crippen molar-refractivity contribution < 1.29 is 24.9 Å². The first-order valence-corrected chi connectivity index (χ1v) is 6.39. The molecule has 2 aromatic carbocycles. The molecule has 0 radical (unpaired) electrons. The maximum Gasteiger partial charge on any atom is 0.291 e. The summed E-state index contributed by atoms with van der Waals surface area (Å²) in [6.07, 6.45) is 0. The van der Waals surface area contributed by atoms with Gasteiger partial charge in [0.25, 0.3) is 5.91 Å². The third-order valence-corrected chi connectivity index (χ3v) is 2.55. The Hall–Kier alpha value is -3.02. The number of aryl methyl sites for hydroxylation is 1. The van der Waals surface area contributed by atoms with Crippen molar-refractivity contribution in [1.82, 2.24) is 0 Å². The molecule has 22 heavy (non-hydrogen) atoms. The van der Waals surface area contributed by atoms with E-state index in [2.05, 4.69) is 5.32 Å². The summed E-state index contributed by atoms with van der Waals surface area (Å²) in [5.74, 6) is -1.70. The molecule has 4 N–H and O–H groups in total. The highest BCUT2D eigenvalue weighted by Crippen LogP contribution is 2.27. The van der Waals surface area contributed by atoms with Gasteiger partial charge in [0.1, 0.15) is 5.75 Å². The molecule has 0 saturated heterocycles. The van der Waals surface area contributed by atoms with Crippen LogP contribution in [0.2, 0.25) is 0 Å². The number of amides is 1. The fourth-order valence-electron chi connectivity index (χ4n) is 1.45. The van der Waals surface area contributed by atoms with Gasteiger partial charge >= 0.3 is 0 Å². The highest BCUT2D eigenvalue weighted by molar-refractivity contribution is 6.39. The van der Waals surface area contributed by atoms with E-state index in [1.54, 1.807) is 12.1 Å². The predicted octanol–water partition coefficient (Wildman–Crippen LogP) is 2.33. The van der Waals surface area contributed by atoms with Gasteiger partial charge in [-0.05, 0) is 36.8 Å². The second-order valence-corrected chi connectivity index (χ2v) is 4.55. The first kappa shape index (κ1) is 17.0. The van der Waals surface area contributed by atoms with Crippen molar-refractivity contribution in [1.29, 1.82) is 0 Å². The smallest absolute Gasteiger partial charge is 0.291 e. The summed E-state index contributed by atoms with van der Waals surface area (Å²) < 4.78 is 0. The van der Waals surface area contributed by atoms with Crippen LogP contribution in [-0.4, -0.2) is 27.0 Å². The molecule has 116 valence electrons. The molecule has 0 atom stereocenters. The molecule has 6 nitrogen and oxygen atoms in total. The Morgan fingerprint density at radius 1 is 0.955 bits per heavy atom. The minimum Gasteiger partial charge on any atom is -0.508 e. The Balaban J connectivity index is 0.000000255. The molecule has 2 aromatic rings. The molecule has 0 unspecified atom stereocenters. The van der Waals surface area contributed by atoms with Crippen LogP contribution in [0.5, 0.6) is 17.2 Å². The zero-order chi connectivity index (χ0) is 16.7. The molecule has 0 spiro atoms. The SMILES string of the molecule is CC(=O)C(=O)Nc1ccc(O)c(O)c1.Cc1cccc(O)c1. The number of carbonyl (C=O) groups excluding carboxylic acids is 2. The van der Waals surface area contributed by atoms with E-state index in [9.17, 15) is 9.59 Å². The Bertz CT molecular complexity index is 665. The number of ketones is 1. The Kier molecular flexibility index (Phi) is 5.95. The molecular formula is C16H17NO5. The van der Waals surface area contributed by atoms with Gasteiger partial charge in [-0.1, -0.05) is 12.1 Å².